The van der Waals surface area contributed by atoms with Gasteiger partial charge in [0.05, 0.1) is 6.54 Å². The van der Waals surface area contributed by atoms with Crippen molar-refractivity contribution in [2.45, 2.75) is 25.8 Å². The van der Waals surface area contributed by atoms with Gasteiger partial charge in [0.15, 0.2) is 0 Å². The molecule has 1 aromatic rings. The number of carbonyl (C=O) groups is 1. The quantitative estimate of drug-likeness (QED) is 0.519. The summed E-state index contributed by atoms with van der Waals surface area (Å²) in [6.45, 7) is 9.63. The summed E-state index contributed by atoms with van der Waals surface area (Å²) < 4.78 is 5.04. The van der Waals surface area contributed by atoms with Crippen LogP contribution in [-0.4, -0.2) is 93.7 Å². The summed E-state index contributed by atoms with van der Waals surface area (Å²) in [6, 6.07) is 10.7. The topological polar surface area (TPSA) is 48.1 Å². The van der Waals surface area contributed by atoms with E-state index in [4.69, 9.17) is 4.74 Å². The fourth-order valence-electron chi connectivity index (χ4n) is 3.56. The van der Waals surface area contributed by atoms with E-state index < -0.39 is 0 Å². The Hall–Kier alpha value is -1.47. The van der Waals surface area contributed by atoms with Crippen LogP contribution in [0.1, 0.15) is 24.8 Å². The van der Waals surface area contributed by atoms with Crippen molar-refractivity contribution in [1.82, 2.24) is 20.0 Å². The molecule has 1 amide bonds. The third-order valence-electron chi connectivity index (χ3n) is 5.24. The number of nitrogens with zero attached hydrogens (tertiary/aromatic N) is 3. The van der Waals surface area contributed by atoms with Crippen molar-refractivity contribution in [3.63, 3.8) is 0 Å². The molecule has 0 bridgehead atoms. The van der Waals surface area contributed by atoms with Gasteiger partial charge < -0.3 is 15.0 Å². The Morgan fingerprint density at radius 2 is 1.79 bits per heavy atom. The van der Waals surface area contributed by atoms with E-state index in [1.165, 1.54) is 5.56 Å². The van der Waals surface area contributed by atoms with Crippen molar-refractivity contribution in [2.75, 3.05) is 73.1 Å². The summed E-state index contributed by atoms with van der Waals surface area (Å²) in [6.07, 6.45) is 3.14. The number of nitrogens with one attached hydrogen (secondary N) is 1. The minimum Gasteiger partial charge on any atom is -0.385 e. The van der Waals surface area contributed by atoms with Crippen molar-refractivity contribution in [3.8, 4) is 0 Å². The van der Waals surface area contributed by atoms with Gasteiger partial charge in [0.1, 0.15) is 0 Å². The van der Waals surface area contributed by atoms with Gasteiger partial charge in [-0.15, -0.1) is 0 Å². The lowest BCUT2D eigenvalue weighted by Crippen LogP contribution is -2.46. The molecule has 6 nitrogen and oxygen atoms in total. The Bertz CT molecular complexity index is 533. The summed E-state index contributed by atoms with van der Waals surface area (Å²) >= 11 is 0. The third-order valence-corrected chi connectivity index (χ3v) is 5.24. The zero-order chi connectivity index (χ0) is 20.0. The van der Waals surface area contributed by atoms with Crippen LogP contribution in [0.2, 0.25) is 0 Å². The highest BCUT2D eigenvalue weighted by molar-refractivity contribution is 5.77. The Kier molecular flexibility index (Phi) is 11.1. The SMILES string of the molecule is COCCCN(C)CC(=O)NCCCCN1CCN(Cc2ccccc2)CC1. The number of amides is 1. The van der Waals surface area contributed by atoms with Gasteiger partial charge in [-0.25, -0.2) is 0 Å². The van der Waals surface area contributed by atoms with Gasteiger partial charge in [-0.2, -0.15) is 0 Å². The Morgan fingerprint density at radius 3 is 2.50 bits per heavy atom. The predicted octanol–water partition coefficient (Wildman–Crippen LogP) is 1.67. The molecule has 0 saturated carbocycles. The van der Waals surface area contributed by atoms with E-state index in [1.807, 2.05) is 11.9 Å². The molecule has 0 spiro atoms. The van der Waals surface area contributed by atoms with E-state index in [1.54, 1.807) is 7.11 Å². The molecule has 158 valence electrons. The van der Waals surface area contributed by atoms with E-state index in [9.17, 15) is 4.79 Å². The number of methoxy groups -OCH3 is 1. The monoisotopic (exact) mass is 390 g/mol. The van der Waals surface area contributed by atoms with Crippen LogP contribution in [0.4, 0.5) is 0 Å². The number of unbranched alkanes of at least 4 members (excludes halogenated alkanes) is 1. The number of rotatable bonds is 13. The van der Waals surface area contributed by atoms with Gasteiger partial charge in [0, 0.05) is 59.5 Å². The number of hydrogen-bond donors (Lipinski definition) is 1. The summed E-state index contributed by atoms with van der Waals surface area (Å²) in [5, 5.41) is 3.04. The number of benzene rings is 1. The Labute approximate surface area is 170 Å². The summed E-state index contributed by atoms with van der Waals surface area (Å²) in [5.41, 5.74) is 1.40. The molecule has 2 rings (SSSR count). The number of ether oxygens (including phenoxy) is 1. The van der Waals surface area contributed by atoms with Crippen LogP contribution in [0.25, 0.3) is 0 Å². The number of carbonyl (C=O) groups excluding carboxylic acids is 1. The van der Waals surface area contributed by atoms with Crippen molar-refractivity contribution in [2.24, 2.45) is 0 Å². The zero-order valence-corrected chi connectivity index (χ0v) is 17.7. The summed E-state index contributed by atoms with van der Waals surface area (Å²) in [4.78, 5) is 19.1. The van der Waals surface area contributed by atoms with Gasteiger partial charge in [-0.3, -0.25) is 14.6 Å². The fourth-order valence-corrected chi connectivity index (χ4v) is 3.56. The maximum absolute atomic E-state index is 11.9. The van der Waals surface area contributed by atoms with Crippen molar-refractivity contribution >= 4 is 5.91 Å². The van der Waals surface area contributed by atoms with Crippen LogP contribution in [0, 0.1) is 0 Å². The first-order valence-corrected chi connectivity index (χ1v) is 10.6. The first-order valence-electron chi connectivity index (χ1n) is 10.6. The lowest BCUT2D eigenvalue weighted by Gasteiger charge is -2.34. The Balaban J connectivity index is 1.46. The molecule has 1 aliphatic rings. The maximum Gasteiger partial charge on any atom is 0.234 e. The molecule has 0 radical (unpaired) electrons. The zero-order valence-electron chi connectivity index (χ0n) is 17.7. The molecular formula is C22H38N4O2. The van der Waals surface area contributed by atoms with Crippen molar-refractivity contribution in [1.29, 1.82) is 0 Å². The first kappa shape index (κ1) is 22.8. The number of piperazine rings is 1. The molecule has 28 heavy (non-hydrogen) atoms. The largest absolute Gasteiger partial charge is 0.385 e. The minimum atomic E-state index is 0.120. The first-order chi connectivity index (χ1) is 13.7. The highest BCUT2D eigenvalue weighted by Gasteiger charge is 2.16. The standard InChI is InChI=1S/C22H38N4O2/c1-24(12-8-18-28-2)20-22(27)23-11-6-7-13-25-14-16-26(17-15-25)19-21-9-4-3-5-10-21/h3-5,9-10H,6-8,11-20H2,1-2H3,(H,23,27). The second-order valence-corrected chi connectivity index (χ2v) is 7.74. The van der Waals surface area contributed by atoms with Gasteiger partial charge in [0.2, 0.25) is 5.91 Å². The van der Waals surface area contributed by atoms with Gasteiger partial charge in [0.25, 0.3) is 0 Å². The van der Waals surface area contributed by atoms with Gasteiger partial charge >= 0.3 is 0 Å². The molecular weight excluding hydrogens is 352 g/mol. The normalized spacial score (nSPS) is 15.8. The molecule has 1 saturated heterocycles. The molecule has 1 fully saturated rings. The lowest BCUT2D eigenvalue weighted by molar-refractivity contribution is -0.122. The van der Waals surface area contributed by atoms with Crippen LogP contribution < -0.4 is 5.32 Å². The maximum atomic E-state index is 11.9. The Morgan fingerprint density at radius 1 is 1.07 bits per heavy atom. The third kappa shape index (κ3) is 9.64. The van der Waals surface area contributed by atoms with Gasteiger partial charge in [-0.05, 0) is 38.4 Å². The smallest absolute Gasteiger partial charge is 0.234 e. The van der Waals surface area contributed by atoms with E-state index in [0.29, 0.717) is 6.54 Å². The highest BCUT2D eigenvalue weighted by atomic mass is 16.5. The van der Waals surface area contributed by atoms with E-state index >= 15 is 0 Å². The average molecular weight is 391 g/mol. The molecule has 1 aliphatic heterocycles. The number of likely N-dealkylation sites (N-methyl/N-ethyl adjacent to an activating group) is 1. The minimum absolute atomic E-state index is 0.120. The highest BCUT2D eigenvalue weighted by Crippen LogP contribution is 2.09. The fraction of sp³-hybridized carbons (Fsp3) is 0.682. The van der Waals surface area contributed by atoms with Crippen molar-refractivity contribution < 1.29 is 9.53 Å². The van der Waals surface area contributed by atoms with Gasteiger partial charge in [-0.1, -0.05) is 30.3 Å². The summed E-state index contributed by atoms with van der Waals surface area (Å²) in [5.74, 6) is 0.120. The molecule has 1 N–H and O–H groups in total. The molecule has 6 heteroatoms. The van der Waals surface area contributed by atoms with E-state index in [2.05, 4.69) is 45.4 Å². The average Bonchev–Trinajstić information content (AvgIpc) is 2.70. The van der Waals surface area contributed by atoms with E-state index in [0.717, 1.165) is 78.2 Å². The molecule has 0 aliphatic carbocycles. The molecule has 1 heterocycles. The predicted molar refractivity (Wildman–Crippen MR) is 114 cm³/mol. The van der Waals surface area contributed by atoms with Crippen LogP contribution in [0.15, 0.2) is 30.3 Å². The number of hydrogen-bond acceptors (Lipinski definition) is 5. The molecule has 0 atom stereocenters. The van der Waals surface area contributed by atoms with Crippen molar-refractivity contribution in [3.05, 3.63) is 35.9 Å². The lowest BCUT2D eigenvalue weighted by atomic mass is 10.2. The van der Waals surface area contributed by atoms with Crippen LogP contribution in [-0.2, 0) is 16.1 Å². The van der Waals surface area contributed by atoms with Crippen LogP contribution in [0.3, 0.4) is 0 Å². The molecule has 0 aromatic heterocycles. The summed E-state index contributed by atoms with van der Waals surface area (Å²) in [7, 11) is 3.68. The second kappa shape index (κ2) is 13.7. The van der Waals surface area contributed by atoms with Crippen LogP contribution >= 0.6 is 0 Å². The van der Waals surface area contributed by atoms with E-state index in [-0.39, 0.29) is 5.91 Å². The second-order valence-electron chi connectivity index (χ2n) is 7.74. The van der Waals surface area contributed by atoms with Crippen LogP contribution in [0.5, 0.6) is 0 Å². The molecule has 1 aromatic carbocycles. The molecule has 0 unspecified atom stereocenters.